The Bertz CT molecular complexity index is 557. The Balaban J connectivity index is 1.32. The predicted octanol–water partition coefficient (Wildman–Crippen LogP) is 3.63. The molecule has 2 spiro atoms. The van der Waals surface area contributed by atoms with Gasteiger partial charge in [0.2, 0.25) is 0 Å². The summed E-state index contributed by atoms with van der Waals surface area (Å²) in [6.07, 6.45) is 9.17. The quantitative estimate of drug-likeness (QED) is 0.639. The van der Waals surface area contributed by atoms with Crippen LogP contribution in [0.1, 0.15) is 78.1 Å². The molecule has 6 atom stereocenters. The molecule has 166 valence electrons. The fraction of sp³-hybridized carbons (Fsp3) is 1.00. The Hall–Kier alpha value is -0.280. The van der Waals surface area contributed by atoms with Crippen LogP contribution in [0.3, 0.4) is 0 Å². The zero-order valence-corrected chi connectivity index (χ0v) is 17.8. The van der Waals surface area contributed by atoms with Gasteiger partial charge in [-0.3, -0.25) is 0 Å². The van der Waals surface area contributed by atoms with Gasteiger partial charge in [0.1, 0.15) is 24.4 Å². The van der Waals surface area contributed by atoms with Crippen LogP contribution in [0.25, 0.3) is 0 Å². The maximum Gasteiger partial charge on any atom is 0.190 e. The highest BCUT2D eigenvalue weighted by Crippen LogP contribution is 2.49. The van der Waals surface area contributed by atoms with Gasteiger partial charge in [-0.25, -0.2) is 0 Å². The van der Waals surface area contributed by atoms with Gasteiger partial charge in [-0.15, -0.1) is 0 Å². The first-order valence-electron chi connectivity index (χ1n) is 11.7. The van der Waals surface area contributed by atoms with Crippen molar-refractivity contribution in [3.05, 3.63) is 0 Å². The third kappa shape index (κ3) is 4.00. The first-order chi connectivity index (χ1) is 14.1. The minimum absolute atomic E-state index is 0.154. The summed E-state index contributed by atoms with van der Waals surface area (Å²) in [5.41, 5.74) is 0. The maximum atomic E-state index is 6.58. The molecule has 5 aliphatic rings. The number of hydrogen-bond donors (Lipinski definition) is 0. The summed E-state index contributed by atoms with van der Waals surface area (Å²) >= 11 is 0. The highest BCUT2D eigenvalue weighted by Gasteiger charge is 2.62. The van der Waals surface area contributed by atoms with E-state index in [1.54, 1.807) is 0 Å². The minimum Gasteiger partial charge on any atom is -0.353 e. The van der Waals surface area contributed by atoms with Crippen LogP contribution in [0, 0.1) is 0 Å². The molecule has 3 unspecified atom stereocenters. The molecule has 2 aliphatic carbocycles. The first kappa shape index (κ1) is 20.6. The Labute approximate surface area is 173 Å². The molecule has 0 N–H and O–H groups in total. The van der Waals surface area contributed by atoms with Gasteiger partial charge in [0, 0.05) is 32.3 Å². The minimum atomic E-state index is -0.514. The van der Waals surface area contributed by atoms with Crippen LogP contribution in [0.2, 0.25) is 0 Å². The van der Waals surface area contributed by atoms with Crippen LogP contribution in [-0.4, -0.2) is 61.8 Å². The fourth-order valence-electron chi connectivity index (χ4n) is 5.72. The molecule has 0 aromatic rings. The summed E-state index contributed by atoms with van der Waals surface area (Å²) in [6, 6.07) is 0. The zero-order valence-electron chi connectivity index (χ0n) is 17.8. The SMILES string of the molecule is CCOC(C)OC1O[C@H](C2COC3(CCCCC3)O2)[C@@H]2OC3(CCCCC3)O[C@H]12. The highest BCUT2D eigenvalue weighted by molar-refractivity contribution is 5.02. The van der Waals surface area contributed by atoms with E-state index in [-0.39, 0.29) is 30.7 Å². The van der Waals surface area contributed by atoms with Crippen LogP contribution in [0.15, 0.2) is 0 Å². The molecular weight excluding hydrogens is 376 g/mol. The lowest BCUT2D eigenvalue weighted by atomic mass is 9.94. The van der Waals surface area contributed by atoms with Gasteiger partial charge in [-0.2, -0.15) is 0 Å². The largest absolute Gasteiger partial charge is 0.353 e. The molecule has 3 heterocycles. The summed E-state index contributed by atoms with van der Waals surface area (Å²) in [5, 5.41) is 0. The molecule has 5 rings (SSSR count). The monoisotopic (exact) mass is 412 g/mol. The van der Waals surface area contributed by atoms with E-state index in [9.17, 15) is 0 Å². The van der Waals surface area contributed by atoms with Crippen LogP contribution < -0.4 is 0 Å². The van der Waals surface area contributed by atoms with Gasteiger partial charge < -0.3 is 33.2 Å². The molecule has 0 aromatic heterocycles. The average Bonchev–Trinajstić information content (AvgIpc) is 3.37. The summed E-state index contributed by atoms with van der Waals surface area (Å²) in [6.45, 7) is 4.99. The van der Waals surface area contributed by atoms with Gasteiger partial charge in [0.25, 0.3) is 0 Å². The van der Waals surface area contributed by atoms with E-state index in [2.05, 4.69) is 0 Å². The first-order valence-corrected chi connectivity index (χ1v) is 11.7. The van der Waals surface area contributed by atoms with E-state index in [1.807, 2.05) is 13.8 Å². The summed E-state index contributed by atoms with van der Waals surface area (Å²) < 4.78 is 43.8. The second kappa shape index (κ2) is 8.34. The molecule has 0 radical (unpaired) electrons. The molecule has 3 aliphatic heterocycles. The van der Waals surface area contributed by atoms with Gasteiger partial charge in [0.15, 0.2) is 24.2 Å². The topological polar surface area (TPSA) is 64.6 Å². The lowest BCUT2D eigenvalue weighted by Crippen LogP contribution is -2.43. The molecule has 7 nitrogen and oxygen atoms in total. The van der Waals surface area contributed by atoms with E-state index < -0.39 is 17.9 Å². The number of ether oxygens (including phenoxy) is 7. The molecule has 0 amide bonds. The summed E-state index contributed by atoms with van der Waals surface area (Å²) in [7, 11) is 0. The van der Waals surface area contributed by atoms with E-state index in [0.29, 0.717) is 13.2 Å². The highest BCUT2D eigenvalue weighted by atomic mass is 16.8. The molecule has 5 fully saturated rings. The summed E-state index contributed by atoms with van der Waals surface area (Å²) in [4.78, 5) is 0. The van der Waals surface area contributed by atoms with Gasteiger partial charge >= 0.3 is 0 Å². The van der Waals surface area contributed by atoms with E-state index in [1.165, 1.54) is 12.8 Å². The fourth-order valence-corrected chi connectivity index (χ4v) is 5.72. The Morgan fingerprint density at radius 1 is 0.828 bits per heavy atom. The lowest BCUT2D eigenvalue weighted by molar-refractivity contribution is -0.295. The second-order valence-electron chi connectivity index (χ2n) is 9.20. The van der Waals surface area contributed by atoms with Crippen molar-refractivity contribution >= 4 is 0 Å². The predicted molar refractivity (Wildman–Crippen MR) is 103 cm³/mol. The van der Waals surface area contributed by atoms with Gasteiger partial charge in [-0.05, 0) is 39.5 Å². The van der Waals surface area contributed by atoms with E-state index in [4.69, 9.17) is 33.2 Å². The number of hydrogen-bond acceptors (Lipinski definition) is 7. The molecule has 0 aromatic carbocycles. The third-order valence-corrected chi connectivity index (χ3v) is 7.11. The van der Waals surface area contributed by atoms with Crippen LogP contribution in [-0.2, 0) is 33.2 Å². The van der Waals surface area contributed by atoms with Crippen LogP contribution in [0.5, 0.6) is 0 Å². The van der Waals surface area contributed by atoms with Crippen molar-refractivity contribution in [2.24, 2.45) is 0 Å². The second-order valence-corrected chi connectivity index (χ2v) is 9.20. The molecule has 0 bridgehead atoms. The maximum absolute atomic E-state index is 6.58. The van der Waals surface area contributed by atoms with Crippen LogP contribution in [0.4, 0.5) is 0 Å². The van der Waals surface area contributed by atoms with Crippen molar-refractivity contribution in [3.63, 3.8) is 0 Å². The number of fused-ring (bicyclic) bond motifs is 1. The van der Waals surface area contributed by atoms with Crippen molar-refractivity contribution in [1.82, 2.24) is 0 Å². The van der Waals surface area contributed by atoms with E-state index in [0.717, 1.165) is 51.4 Å². The molecule has 2 saturated carbocycles. The van der Waals surface area contributed by atoms with Crippen molar-refractivity contribution in [3.8, 4) is 0 Å². The Morgan fingerprint density at radius 2 is 1.48 bits per heavy atom. The number of rotatable bonds is 5. The Morgan fingerprint density at radius 3 is 2.17 bits per heavy atom. The van der Waals surface area contributed by atoms with Crippen molar-refractivity contribution in [2.45, 2.75) is 127 Å². The van der Waals surface area contributed by atoms with Gasteiger partial charge in [-0.1, -0.05) is 12.8 Å². The van der Waals surface area contributed by atoms with Gasteiger partial charge in [0.05, 0.1) is 6.61 Å². The zero-order chi connectivity index (χ0) is 19.9. The standard InChI is InChI=1S/C22H36O7/c1-3-23-15(2)25-20-19-18(28-22(29-19)12-8-5-9-13-22)17(26-20)16-14-24-21(27-16)10-6-4-7-11-21/h15-20H,3-14H2,1-2H3/t15?,16?,17-,18+,19+,20?/m1/s1. The van der Waals surface area contributed by atoms with Crippen molar-refractivity contribution < 1.29 is 33.2 Å². The molecule has 29 heavy (non-hydrogen) atoms. The molecular formula is C22H36O7. The molecule has 3 saturated heterocycles. The summed E-state index contributed by atoms with van der Waals surface area (Å²) in [5.74, 6) is -0.921. The normalized spacial score (nSPS) is 41.8. The van der Waals surface area contributed by atoms with E-state index >= 15 is 0 Å². The van der Waals surface area contributed by atoms with Crippen molar-refractivity contribution in [2.75, 3.05) is 13.2 Å². The molecule has 7 heteroatoms. The Kier molecular flexibility index (Phi) is 5.93. The van der Waals surface area contributed by atoms with Crippen LogP contribution >= 0.6 is 0 Å². The third-order valence-electron chi connectivity index (χ3n) is 7.11. The lowest BCUT2D eigenvalue weighted by Gasteiger charge is -2.35. The average molecular weight is 413 g/mol. The van der Waals surface area contributed by atoms with Crippen molar-refractivity contribution in [1.29, 1.82) is 0 Å². The smallest absolute Gasteiger partial charge is 0.190 e.